The van der Waals surface area contributed by atoms with Crippen LogP contribution in [0, 0.1) is 0 Å². The van der Waals surface area contributed by atoms with E-state index in [1.807, 2.05) is 18.2 Å². The second-order valence-corrected chi connectivity index (χ2v) is 6.10. The molecule has 0 amide bonds. The molecule has 5 heteroatoms. The molecule has 1 aliphatic rings. The van der Waals surface area contributed by atoms with Gasteiger partial charge in [-0.1, -0.05) is 41.7 Å². The fraction of sp³-hybridized carbons (Fsp3) is 0.250. The van der Waals surface area contributed by atoms with Crippen molar-refractivity contribution in [3.05, 3.63) is 47.5 Å². The second kappa shape index (κ2) is 6.10. The van der Waals surface area contributed by atoms with Crippen LogP contribution in [0.25, 0.3) is 21.6 Å². The van der Waals surface area contributed by atoms with E-state index in [1.54, 1.807) is 11.3 Å². The highest BCUT2D eigenvalue weighted by molar-refractivity contribution is 7.18. The van der Waals surface area contributed by atoms with Gasteiger partial charge in [0, 0.05) is 5.56 Å². The predicted octanol–water partition coefficient (Wildman–Crippen LogP) is 4.20. The van der Waals surface area contributed by atoms with Gasteiger partial charge in [0.2, 0.25) is 0 Å². The van der Waals surface area contributed by atoms with Crippen molar-refractivity contribution < 1.29 is 0 Å². The van der Waals surface area contributed by atoms with Crippen LogP contribution in [0.3, 0.4) is 0 Å². The van der Waals surface area contributed by atoms with Crippen molar-refractivity contribution in [1.82, 2.24) is 15.3 Å². The molecule has 0 spiro atoms. The number of hydrogen-bond donors (Lipinski definition) is 1. The van der Waals surface area contributed by atoms with E-state index in [4.69, 9.17) is 9.97 Å². The third-order valence-electron chi connectivity index (χ3n) is 3.70. The van der Waals surface area contributed by atoms with Crippen LogP contribution < -0.4 is 5.32 Å². The van der Waals surface area contributed by atoms with Gasteiger partial charge in [0.05, 0.1) is 11.7 Å². The number of fused-ring (bicyclic) bond motifs is 1. The van der Waals surface area contributed by atoms with E-state index in [1.165, 1.54) is 17.8 Å². The summed E-state index contributed by atoms with van der Waals surface area (Å²) in [6.45, 7) is 1.10. The highest BCUT2D eigenvalue weighted by atomic mass is 35.5. The van der Waals surface area contributed by atoms with E-state index in [-0.39, 0.29) is 12.4 Å². The van der Waals surface area contributed by atoms with Gasteiger partial charge in [0.15, 0.2) is 0 Å². The number of nitrogens with one attached hydrogen (secondary N) is 1. The van der Waals surface area contributed by atoms with Gasteiger partial charge in [-0.15, -0.1) is 12.4 Å². The van der Waals surface area contributed by atoms with Gasteiger partial charge in [0.1, 0.15) is 15.4 Å². The summed E-state index contributed by atoms with van der Waals surface area (Å²) in [6.07, 6.45) is 2.43. The first-order chi connectivity index (χ1) is 9.90. The fourth-order valence-electron chi connectivity index (χ4n) is 2.65. The first-order valence-corrected chi connectivity index (χ1v) is 7.78. The van der Waals surface area contributed by atoms with Crippen LogP contribution in [0.2, 0.25) is 0 Å². The van der Waals surface area contributed by atoms with E-state index in [0.29, 0.717) is 6.04 Å². The number of thiazole rings is 1. The van der Waals surface area contributed by atoms with Gasteiger partial charge >= 0.3 is 0 Å². The average Bonchev–Trinajstić information content (AvgIpc) is 3.16. The average molecular weight is 318 g/mol. The van der Waals surface area contributed by atoms with Crippen LogP contribution >= 0.6 is 23.7 Å². The molecule has 1 fully saturated rings. The summed E-state index contributed by atoms with van der Waals surface area (Å²) in [4.78, 5) is 10.5. The Balaban J connectivity index is 0.00000132. The molecular formula is C16H16ClN3S. The van der Waals surface area contributed by atoms with Crippen molar-refractivity contribution >= 4 is 34.1 Å². The van der Waals surface area contributed by atoms with Gasteiger partial charge < -0.3 is 5.32 Å². The first kappa shape index (κ1) is 14.4. The Morgan fingerprint density at radius 1 is 1.05 bits per heavy atom. The standard InChI is InChI=1S/C16H15N3S.ClH/c1-2-5-11(6-3-1)12-8-9-14-16(18-12)20-15(19-14)13-7-4-10-17-13;/h1-3,5-6,8-9,13,17H,4,7,10H2;1H. The summed E-state index contributed by atoms with van der Waals surface area (Å²) in [5.74, 6) is 0. The molecule has 21 heavy (non-hydrogen) atoms. The van der Waals surface area contributed by atoms with Crippen molar-refractivity contribution in [1.29, 1.82) is 0 Å². The molecule has 1 aliphatic heterocycles. The lowest BCUT2D eigenvalue weighted by atomic mass is 10.1. The molecule has 1 N–H and O–H groups in total. The Kier molecular flexibility index (Phi) is 4.19. The summed E-state index contributed by atoms with van der Waals surface area (Å²) < 4.78 is 0. The van der Waals surface area contributed by atoms with E-state index in [0.717, 1.165) is 28.1 Å². The molecule has 3 nitrogen and oxygen atoms in total. The molecule has 1 aromatic carbocycles. The Morgan fingerprint density at radius 2 is 1.90 bits per heavy atom. The van der Waals surface area contributed by atoms with Gasteiger partial charge in [0.25, 0.3) is 0 Å². The number of pyridine rings is 1. The zero-order chi connectivity index (χ0) is 13.4. The maximum atomic E-state index is 4.77. The van der Waals surface area contributed by atoms with Crippen molar-refractivity contribution in [3.8, 4) is 11.3 Å². The lowest BCUT2D eigenvalue weighted by Crippen LogP contribution is -2.12. The molecule has 0 bridgehead atoms. The fourth-order valence-corrected chi connectivity index (χ4v) is 3.70. The topological polar surface area (TPSA) is 37.8 Å². The van der Waals surface area contributed by atoms with Crippen LogP contribution in [0.4, 0.5) is 0 Å². The van der Waals surface area contributed by atoms with Crippen molar-refractivity contribution in [2.75, 3.05) is 6.54 Å². The zero-order valence-electron chi connectivity index (χ0n) is 11.5. The Morgan fingerprint density at radius 3 is 2.67 bits per heavy atom. The molecule has 108 valence electrons. The molecule has 1 unspecified atom stereocenters. The SMILES string of the molecule is Cl.c1ccc(-c2ccc3nc(C4CCCN4)sc3n2)cc1. The van der Waals surface area contributed by atoms with Crippen molar-refractivity contribution in [2.24, 2.45) is 0 Å². The van der Waals surface area contributed by atoms with Crippen LogP contribution in [0.1, 0.15) is 23.9 Å². The monoisotopic (exact) mass is 317 g/mol. The summed E-state index contributed by atoms with van der Waals surface area (Å²) in [7, 11) is 0. The van der Waals surface area contributed by atoms with E-state index in [2.05, 4.69) is 29.6 Å². The van der Waals surface area contributed by atoms with E-state index < -0.39 is 0 Å². The first-order valence-electron chi connectivity index (χ1n) is 6.96. The van der Waals surface area contributed by atoms with Gasteiger partial charge in [-0.3, -0.25) is 0 Å². The zero-order valence-corrected chi connectivity index (χ0v) is 13.1. The number of benzene rings is 1. The third kappa shape index (κ3) is 2.79. The molecule has 2 aromatic heterocycles. The van der Waals surface area contributed by atoms with Crippen LogP contribution in [0.5, 0.6) is 0 Å². The minimum Gasteiger partial charge on any atom is -0.308 e. The Bertz CT molecular complexity index is 736. The lowest BCUT2D eigenvalue weighted by molar-refractivity contribution is 0.644. The summed E-state index contributed by atoms with van der Waals surface area (Å²) >= 11 is 1.72. The molecule has 0 radical (unpaired) electrons. The lowest BCUT2D eigenvalue weighted by Gasteiger charge is -2.03. The molecule has 0 saturated carbocycles. The maximum Gasteiger partial charge on any atom is 0.144 e. The molecule has 4 rings (SSSR count). The van der Waals surface area contributed by atoms with Crippen molar-refractivity contribution in [3.63, 3.8) is 0 Å². The highest BCUT2D eigenvalue weighted by Crippen LogP contribution is 2.31. The van der Waals surface area contributed by atoms with Gasteiger partial charge in [-0.2, -0.15) is 0 Å². The summed E-state index contributed by atoms with van der Waals surface area (Å²) in [5.41, 5.74) is 3.19. The Hall–Kier alpha value is -1.49. The summed E-state index contributed by atoms with van der Waals surface area (Å²) in [6, 6.07) is 14.9. The van der Waals surface area contributed by atoms with Crippen LogP contribution in [0.15, 0.2) is 42.5 Å². The molecule has 0 aliphatic carbocycles. The normalized spacial score (nSPS) is 17.8. The van der Waals surface area contributed by atoms with Crippen LogP contribution in [-0.4, -0.2) is 16.5 Å². The third-order valence-corrected chi connectivity index (χ3v) is 4.78. The van der Waals surface area contributed by atoms with Gasteiger partial charge in [-0.05, 0) is 31.5 Å². The second-order valence-electron chi connectivity index (χ2n) is 5.09. The largest absolute Gasteiger partial charge is 0.308 e. The maximum absolute atomic E-state index is 4.77. The number of rotatable bonds is 2. The van der Waals surface area contributed by atoms with E-state index >= 15 is 0 Å². The number of halogens is 1. The number of aromatic nitrogens is 2. The quantitative estimate of drug-likeness (QED) is 0.769. The van der Waals surface area contributed by atoms with E-state index in [9.17, 15) is 0 Å². The molecule has 3 aromatic rings. The predicted molar refractivity (Wildman–Crippen MR) is 90.1 cm³/mol. The van der Waals surface area contributed by atoms with Gasteiger partial charge in [-0.25, -0.2) is 9.97 Å². The minimum absolute atomic E-state index is 0. The van der Waals surface area contributed by atoms with Crippen molar-refractivity contribution in [2.45, 2.75) is 18.9 Å². The summed E-state index contributed by atoms with van der Waals surface area (Å²) in [5, 5.41) is 4.68. The minimum atomic E-state index is 0. The number of hydrogen-bond acceptors (Lipinski definition) is 4. The van der Waals surface area contributed by atoms with Crippen LogP contribution in [-0.2, 0) is 0 Å². The smallest absolute Gasteiger partial charge is 0.144 e. The molecule has 3 heterocycles. The number of nitrogens with zero attached hydrogens (tertiary/aromatic N) is 2. The Labute approximate surface area is 133 Å². The highest BCUT2D eigenvalue weighted by Gasteiger charge is 2.20. The molecular weight excluding hydrogens is 302 g/mol. The molecule has 1 saturated heterocycles. The molecule has 1 atom stereocenters.